The number of aromatic hydroxyl groups is 2. The van der Waals surface area contributed by atoms with Crippen molar-refractivity contribution in [2.45, 2.75) is 30.2 Å². The van der Waals surface area contributed by atoms with Crippen LogP contribution in [-0.4, -0.2) is 26.1 Å². The van der Waals surface area contributed by atoms with Crippen molar-refractivity contribution in [2.75, 3.05) is 5.32 Å². The number of fused-ring (bicyclic) bond motifs is 1. The zero-order chi connectivity index (χ0) is 20.5. The van der Waals surface area contributed by atoms with Gasteiger partial charge in [0.25, 0.3) is 5.56 Å². The molecule has 0 unspecified atom stereocenters. The van der Waals surface area contributed by atoms with E-state index in [1.807, 2.05) is 31.2 Å². The summed E-state index contributed by atoms with van der Waals surface area (Å²) in [7, 11) is 0. The van der Waals surface area contributed by atoms with Crippen LogP contribution >= 0.6 is 11.8 Å². The summed E-state index contributed by atoms with van der Waals surface area (Å²) in [6.07, 6.45) is 0.0534. The van der Waals surface area contributed by atoms with Crippen LogP contribution in [0.1, 0.15) is 34.6 Å². The number of hydrogen-bond donors (Lipinski definition) is 4. The summed E-state index contributed by atoms with van der Waals surface area (Å²) >= 11 is 1.38. The molecule has 7 nitrogen and oxygen atoms in total. The quantitative estimate of drug-likeness (QED) is 0.299. The average Bonchev–Trinajstić information content (AvgIpc) is 2.68. The number of H-pyrrole nitrogens is 1. The number of amides is 1. The Kier molecular flexibility index (Phi) is 5.02. The number of phenolic OH excluding ortho intramolecular Hbond substituents is 2. The minimum atomic E-state index is -0.558. The normalized spacial score (nSPS) is 15.6. The van der Waals surface area contributed by atoms with Gasteiger partial charge in [-0.25, -0.2) is 4.98 Å². The summed E-state index contributed by atoms with van der Waals surface area (Å²) in [6, 6.07) is 12.4. The second-order valence-corrected chi connectivity index (χ2v) is 7.92. The molecule has 0 bridgehead atoms. The molecule has 1 aliphatic heterocycles. The Morgan fingerprint density at radius 2 is 1.86 bits per heavy atom. The summed E-state index contributed by atoms with van der Waals surface area (Å²) in [5.41, 5.74) is 2.84. The molecule has 1 atom stereocenters. The van der Waals surface area contributed by atoms with Crippen LogP contribution in [0.25, 0.3) is 0 Å². The van der Waals surface area contributed by atoms with E-state index in [-0.39, 0.29) is 35.2 Å². The lowest BCUT2D eigenvalue weighted by molar-refractivity contribution is -0.116. The smallest absolute Gasteiger partial charge is 0.257 e. The Bertz CT molecular complexity index is 1140. The van der Waals surface area contributed by atoms with Crippen molar-refractivity contribution < 1.29 is 15.0 Å². The van der Waals surface area contributed by atoms with Crippen molar-refractivity contribution in [3.63, 3.8) is 0 Å². The standard InChI is InChI=1S/C21H19N3O4S/c1-11-2-4-12(5-3-11)10-29-21-23-19-18(20(28)24-21)14(9-17(27)22-19)13-6-7-15(25)16(26)8-13/h2-8,14,25-26H,9-10H2,1H3,(H2,22,23,24,27,28)/t14-/m0/s1. The molecule has 0 fully saturated rings. The van der Waals surface area contributed by atoms with Gasteiger partial charge < -0.3 is 20.5 Å². The molecular formula is C21H19N3O4S. The Labute approximate surface area is 170 Å². The molecule has 0 aliphatic carbocycles. The number of benzene rings is 2. The van der Waals surface area contributed by atoms with Crippen LogP contribution in [0, 0.1) is 6.92 Å². The van der Waals surface area contributed by atoms with Crippen molar-refractivity contribution in [3.05, 3.63) is 75.1 Å². The van der Waals surface area contributed by atoms with E-state index in [9.17, 15) is 19.8 Å². The number of carbonyl (C=O) groups excluding carboxylic acids is 1. The van der Waals surface area contributed by atoms with Gasteiger partial charge in [0.2, 0.25) is 5.91 Å². The number of aromatic amines is 1. The van der Waals surface area contributed by atoms with Crippen molar-refractivity contribution in [1.29, 1.82) is 0 Å². The van der Waals surface area contributed by atoms with Crippen molar-refractivity contribution in [1.82, 2.24) is 9.97 Å². The second kappa shape index (κ2) is 7.63. The fraction of sp³-hybridized carbons (Fsp3) is 0.190. The first-order valence-electron chi connectivity index (χ1n) is 9.05. The van der Waals surface area contributed by atoms with E-state index in [4.69, 9.17) is 0 Å². The number of nitrogens with one attached hydrogen (secondary N) is 2. The van der Waals surface area contributed by atoms with E-state index in [1.54, 1.807) is 6.07 Å². The average molecular weight is 409 g/mol. The minimum Gasteiger partial charge on any atom is -0.504 e. The van der Waals surface area contributed by atoms with Crippen molar-refractivity contribution in [3.8, 4) is 11.5 Å². The van der Waals surface area contributed by atoms with Gasteiger partial charge in [0, 0.05) is 18.1 Å². The molecule has 4 N–H and O–H groups in total. The molecule has 4 rings (SSSR count). The van der Waals surface area contributed by atoms with E-state index >= 15 is 0 Å². The lowest BCUT2D eigenvalue weighted by Crippen LogP contribution is -2.31. The first-order valence-corrected chi connectivity index (χ1v) is 10.0. The van der Waals surface area contributed by atoms with E-state index < -0.39 is 5.92 Å². The first-order chi connectivity index (χ1) is 13.9. The van der Waals surface area contributed by atoms with Crippen LogP contribution in [0.4, 0.5) is 5.82 Å². The van der Waals surface area contributed by atoms with E-state index in [1.165, 1.54) is 29.5 Å². The maximum atomic E-state index is 12.8. The first kappa shape index (κ1) is 19.1. The van der Waals surface area contributed by atoms with Gasteiger partial charge in [0.1, 0.15) is 5.82 Å². The maximum Gasteiger partial charge on any atom is 0.257 e. The highest BCUT2D eigenvalue weighted by Gasteiger charge is 2.31. The van der Waals surface area contributed by atoms with Crippen molar-refractivity contribution in [2.24, 2.45) is 0 Å². The number of aryl methyl sites for hydroxylation is 1. The molecule has 3 aromatic rings. The molecule has 1 amide bonds. The zero-order valence-electron chi connectivity index (χ0n) is 15.6. The molecule has 2 heterocycles. The SMILES string of the molecule is Cc1ccc(CSc2nc3c(c(=O)[nH]2)[C@H](c2ccc(O)c(O)c2)CC(=O)N3)cc1. The maximum absolute atomic E-state index is 12.8. The van der Waals surface area contributed by atoms with Gasteiger partial charge in [-0.1, -0.05) is 47.7 Å². The highest BCUT2D eigenvalue weighted by atomic mass is 32.2. The molecule has 0 saturated carbocycles. The predicted molar refractivity (Wildman–Crippen MR) is 110 cm³/mol. The molecule has 148 valence electrons. The number of hydrogen-bond acceptors (Lipinski definition) is 6. The number of carbonyl (C=O) groups is 1. The molecular weight excluding hydrogens is 390 g/mol. The summed E-state index contributed by atoms with van der Waals surface area (Å²) < 4.78 is 0. The summed E-state index contributed by atoms with van der Waals surface area (Å²) in [5, 5.41) is 22.4. The second-order valence-electron chi connectivity index (χ2n) is 6.96. The van der Waals surface area contributed by atoms with Crippen LogP contribution in [0.15, 0.2) is 52.4 Å². The van der Waals surface area contributed by atoms with Gasteiger partial charge >= 0.3 is 0 Å². The Morgan fingerprint density at radius 1 is 1.10 bits per heavy atom. The number of phenols is 2. The van der Waals surface area contributed by atoms with Gasteiger partial charge in [-0.05, 0) is 30.2 Å². The van der Waals surface area contributed by atoms with Crippen LogP contribution in [-0.2, 0) is 10.5 Å². The van der Waals surface area contributed by atoms with Gasteiger partial charge in [-0.3, -0.25) is 9.59 Å². The fourth-order valence-electron chi connectivity index (χ4n) is 3.30. The van der Waals surface area contributed by atoms with Crippen LogP contribution in [0.5, 0.6) is 11.5 Å². The third-order valence-corrected chi connectivity index (χ3v) is 5.77. The Morgan fingerprint density at radius 3 is 2.59 bits per heavy atom. The number of anilines is 1. The van der Waals surface area contributed by atoms with Crippen molar-refractivity contribution >= 4 is 23.5 Å². The molecule has 2 aromatic carbocycles. The summed E-state index contributed by atoms with van der Waals surface area (Å²) in [6.45, 7) is 2.02. The molecule has 8 heteroatoms. The predicted octanol–water partition coefficient (Wildman–Crippen LogP) is 3.26. The van der Waals surface area contributed by atoms with E-state index in [2.05, 4.69) is 15.3 Å². The topological polar surface area (TPSA) is 115 Å². The number of thioether (sulfide) groups is 1. The Hall–Kier alpha value is -3.26. The van der Waals surface area contributed by atoms with Crippen LogP contribution < -0.4 is 10.9 Å². The molecule has 1 aromatic heterocycles. The molecule has 29 heavy (non-hydrogen) atoms. The van der Waals surface area contributed by atoms with E-state index in [0.717, 1.165) is 5.56 Å². The largest absolute Gasteiger partial charge is 0.504 e. The molecule has 1 aliphatic rings. The highest BCUT2D eigenvalue weighted by Crippen LogP contribution is 2.37. The van der Waals surface area contributed by atoms with Gasteiger partial charge in [0.05, 0.1) is 5.56 Å². The third-order valence-electron chi connectivity index (χ3n) is 4.83. The lowest BCUT2D eigenvalue weighted by Gasteiger charge is -2.24. The van der Waals surface area contributed by atoms with E-state index in [0.29, 0.717) is 22.0 Å². The van der Waals surface area contributed by atoms with Gasteiger partial charge in [-0.2, -0.15) is 0 Å². The third kappa shape index (κ3) is 3.97. The van der Waals surface area contributed by atoms with Gasteiger partial charge in [0.15, 0.2) is 16.7 Å². The van der Waals surface area contributed by atoms with Gasteiger partial charge in [-0.15, -0.1) is 0 Å². The molecule has 0 saturated heterocycles. The van der Waals surface area contributed by atoms with Crippen LogP contribution in [0.3, 0.4) is 0 Å². The highest BCUT2D eigenvalue weighted by molar-refractivity contribution is 7.98. The monoisotopic (exact) mass is 409 g/mol. The Balaban J connectivity index is 1.65. The number of rotatable bonds is 4. The van der Waals surface area contributed by atoms with Crippen LogP contribution in [0.2, 0.25) is 0 Å². The number of aromatic nitrogens is 2. The molecule has 0 radical (unpaired) electrons. The minimum absolute atomic E-state index is 0.0534. The summed E-state index contributed by atoms with van der Waals surface area (Å²) in [4.78, 5) is 32.3. The zero-order valence-corrected chi connectivity index (χ0v) is 16.4. The fourth-order valence-corrected chi connectivity index (χ4v) is 4.11. The summed E-state index contributed by atoms with van der Waals surface area (Å²) in [5.74, 6) is -0.520. The molecule has 0 spiro atoms. The number of nitrogens with zero attached hydrogens (tertiary/aromatic N) is 1. The lowest BCUT2D eigenvalue weighted by atomic mass is 9.86.